The van der Waals surface area contributed by atoms with Gasteiger partial charge in [0.25, 0.3) is 0 Å². The fourth-order valence-corrected chi connectivity index (χ4v) is 3.15. The van der Waals surface area contributed by atoms with E-state index in [1.54, 1.807) is 6.07 Å². The maximum atomic E-state index is 13.6. The Balaban J connectivity index is 3.07. The van der Waals surface area contributed by atoms with Gasteiger partial charge in [-0.2, -0.15) is 0 Å². The second-order valence-electron chi connectivity index (χ2n) is 5.23. The standard InChI is InChI=1S/C17H27ClFNO/c1-5-17(6-2,21-8-4)15(20-7-3)12-13-10-9-11-14(19)16(13)18/h9-11,15,20H,5-8,12H2,1-4H3. The van der Waals surface area contributed by atoms with Crippen LogP contribution in [0.3, 0.4) is 0 Å². The third-order valence-corrected chi connectivity index (χ3v) is 4.59. The van der Waals surface area contributed by atoms with Gasteiger partial charge in [0.05, 0.1) is 10.6 Å². The molecule has 0 bridgehead atoms. The summed E-state index contributed by atoms with van der Waals surface area (Å²) in [7, 11) is 0. The van der Waals surface area contributed by atoms with Crippen molar-refractivity contribution in [2.45, 2.75) is 58.6 Å². The molecule has 0 amide bonds. The molecule has 0 radical (unpaired) electrons. The predicted octanol–water partition coefficient (Wildman–Crippen LogP) is 4.60. The van der Waals surface area contributed by atoms with Crippen LogP contribution in [0.15, 0.2) is 18.2 Å². The lowest BCUT2D eigenvalue weighted by Gasteiger charge is -2.40. The van der Waals surface area contributed by atoms with Crippen LogP contribution in [-0.2, 0) is 11.2 Å². The molecular weight excluding hydrogens is 289 g/mol. The van der Waals surface area contributed by atoms with E-state index in [0.717, 1.165) is 24.9 Å². The Morgan fingerprint density at radius 3 is 2.43 bits per heavy atom. The fourth-order valence-electron chi connectivity index (χ4n) is 2.95. The average Bonchev–Trinajstić information content (AvgIpc) is 2.49. The van der Waals surface area contributed by atoms with E-state index in [0.29, 0.717) is 13.0 Å². The van der Waals surface area contributed by atoms with Gasteiger partial charge in [0.1, 0.15) is 5.82 Å². The zero-order valence-electron chi connectivity index (χ0n) is 13.5. The minimum Gasteiger partial charge on any atom is -0.374 e. The molecule has 0 saturated heterocycles. The Kier molecular flexibility index (Phi) is 7.64. The van der Waals surface area contributed by atoms with Crippen LogP contribution >= 0.6 is 11.6 Å². The van der Waals surface area contributed by atoms with Gasteiger partial charge >= 0.3 is 0 Å². The fraction of sp³-hybridized carbons (Fsp3) is 0.647. The molecule has 0 aliphatic rings. The highest BCUT2D eigenvalue weighted by Crippen LogP contribution is 2.30. The van der Waals surface area contributed by atoms with E-state index in [1.807, 2.05) is 13.0 Å². The highest BCUT2D eigenvalue weighted by Gasteiger charge is 2.36. The Labute approximate surface area is 133 Å². The van der Waals surface area contributed by atoms with Gasteiger partial charge in [-0.3, -0.25) is 0 Å². The van der Waals surface area contributed by atoms with Crippen molar-refractivity contribution in [3.05, 3.63) is 34.6 Å². The van der Waals surface area contributed by atoms with E-state index in [-0.39, 0.29) is 22.5 Å². The lowest BCUT2D eigenvalue weighted by atomic mass is 9.84. The van der Waals surface area contributed by atoms with E-state index in [1.165, 1.54) is 6.07 Å². The van der Waals surface area contributed by atoms with Crippen LogP contribution in [0.5, 0.6) is 0 Å². The van der Waals surface area contributed by atoms with Gasteiger partial charge in [-0.05, 0) is 44.4 Å². The third kappa shape index (κ3) is 4.41. The second-order valence-corrected chi connectivity index (χ2v) is 5.61. The monoisotopic (exact) mass is 315 g/mol. The molecule has 0 aliphatic heterocycles. The average molecular weight is 316 g/mol. The molecule has 0 heterocycles. The minimum absolute atomic E-state index is 0.108. The molecule has 120 valence electrons. The highest BCUT2D eigenvalue weighted by molar-refractivity contribution is 6.31. The molecule has 4 heteroatoms. The van der Waals surface area contributed by atoms with Crippen LogP contribution in [0.4, 0.5) is 4.39 Å². The van der Waals surface area contributed by atoms with E-state index in [2.05, 4.69) is 26.1 Å². The van der Waals surface area contributed by atoms with Crippen LogP contribution in [-0.4, -0.2) is 24.8 Å². The van der Waals surface area contributed by atoms with Crippen molar-refractivity contribution in [3.8, 4) is 0 Å². The summed E-state index contributed by atoms with van der Waals surface area (Å²) in [6, 6.07) is 5.10. The molecule has 2 nitrogen and oxygen atoms in total. The molecule has 21 heavy (non-hydrogen) atoms. The quantitative estimate of drug-likeness (QED) is 0.719. The van der Waals surface area contributed by atoms with Crippen LogP contribution in [0.25, 0.3) is 0 Å². The van der Waals surface area contributed by atoms with Gasteiger partial charge in [0, 0.05) is 12.6 Å². The second kappa shape index (κ2) is 8.72. The molecule has 1 atom stereocenters. The topological polar surface area (TPSA) is 21.3 Å². The predicted molar refractivity (Wildman–Crippen MR) is 87.5 cm³/mol. The number of likely N-dealkylation sites (N-methyl/N-ethyl adjacent to an activating group) is 1. The first-order valence-corrected chi connectivity index (χ1v) is 8.22. The molecule has 1 aromatic carbocycles. The maximum Gasteiger partial charge on any atom is 0.142 e. The zero-order chi connectivity index (χ0) is 15.9. The van der Waals surface area contributed by atoms with Crippen molar-refractivity contribution in [3.63, 3.8) is 0 Å². The summed E-state index contributed by atoms with van der Waals surface area (Å²) >= 11 is 6.11. The number of halogens is 2. The Morgan fingerprint density at radius 1 is 1.24 bits per heavy atom. The number of benzene rings is 1. The minimum atomic E-state index is -0.362. The SMILES string of the molecule is CCNC(Cc1cccc(F)c1Cl)C(CC)(CC)OCC. The molecule has 0 saturated carbocycles. The smallest absolute Gasteiger partial charge is 0.142 e. The van der Waals surface area contributed by atoms with Crippen LogP contribution < -0.4 is 5.32 Å². The zero-order valence-corrected chi connectivity index (χ0v) is 14.3. The number of rotatable bonds is 9. The van der Waals surface area contributed by atoms with E-state index >= 15 is 0 Å². The molecule has 1 aromatic rings. The van der Waals surface area contributed by atoms with Crippen molar-refractivity contribution in [2.24, 2.45) is 0 Å². The first-order chi connectivity index (χ1) is 10.0. The molecule has 1 unspecified atom stereocenters. The lowest BCUT2D eigenvalue weighted by Crippen LogP contribution is -2.53. The molecule has 0 spiro atoms. The van der Waals surface area contributed by atoms with E-state index in [9.17, 15) is 4.39 Å². The Bertz CT molecular complexity index is 435. The van der Waals surface area contributed by atoms with Gasteiger partial charge in [-0.25, -0.2) is 4.39 Å². The first-order valence-electron chi connectivity index (χ1n) is 7.84. The summed E-state index contributed by atoms with van der Waals surface area (Å²) in [5.41, 5.74) is 0.578. The van der Waals surface area contributed by atoms with Gasteiger partial charge < -0.3 is 10.1 Å². The van der Waals surface area contributed by atoms with Crippen LogP contribution in [0, 0.1) is 5.82 Å². The number of hydrogen-bond donors (Lipinski definition) is 1. The molecule has 0 aliphatic carbocycles. The van der Waals surface area contributed by atoms with Crippen molar-refractivity contribution >= 4 is 11.6 Å². The van der Waals surface area contributed by atoms with E-state index < -0.39 is 0 Å². The highest BCUT2D eigenvalue weighted by atomic mass is 35.5. The maximum absolute atomic E-state index is 13.6. The molecule has 1 N–H and O–H groups in total. The Hall–Kier alpha value is -0.640. The summed E-state index contributed by atoms with van der Waals surface area (Å²) in [5, 5.41) is 3.72. The number of ether oxygens (including phenoxy) is 1. The summed E-state index contributed by atoms with van der Waals surface area (Å²) in [5.74, 6) is -0.362. The van der Waals surface area contributed by atoms with Crippen LogP contribution in [0.1, 0.15) is 46.1 Å². The molecule has 0 fully saturated rings. The summed E-state index contributed by atoms with van der Waals surface area (Å²) < 4.78 is 19.7. The summed E-state index contributed by atoms with van der Waals surface area (Å²) in [6.07, 6.45) is 2.47. The largest absolute Gasteiger partial charge is 0.374 e. The van der Waals surface area contributed by atoms with Crippen molar-refractivity contribution in [2.75, 3.05) is 13.2 Å². The number of hydrogen-bond acceptors (Lipinski definition) is 2. The Morgan fingerprint density at radius 2 is 1.90 bits per heavy atom. The normalized spacial score (nSPS) is 13.4. The van der Waals surface area contributed by atoms with Gasteiger partial charge in [0.15, 0.2) is 0 Å². The summed E-state index contributed by atoms with van der Waals surface area (Å²) in [6.45, 7) is 9.86. The molecule has 1 rings (SSSR count). The van der Waals surface area contributed by atoms with Gasteiger partial charge in [0.2, 0.25) is 0 Å². The first kappa shape index (κ1) is 18.4. The molecular formula is C17H27ClFNO. The van der Waals surface area contributed by atoms with Crippen LogP contribution in [0.2, 0.25) is 5.02 Å². The lowest BCUT2D eigenvalue weighted by molar-refractivity contribution is -0.0715. The van der Waals surface area contributed by atoms with Crippen molar-refractivity contribution < 1.29 is 9.13 Å². The van der Waals surface area contributed by atoms with Crippen molar-refractivity contribution in [1.82, 2.24) is 5.32 Å². The van der Waals surface area contributed by atoms with Gasteiger partial charge in [-0.1, -0.05) is 44.5 Å². The molecule has 0 aromatic heterocycles. The summed E-state index contributed by atoms with van der Waals surface area (Å²) in [4.78, 5) is 0. The van der Waals surface area contributed by atoms with Gasteiger partial charge in [-0.15, -0.1) is 0 Å². The third-order valence-electron chi connectivity index (χ3n) is 4.17. The van der Waals surface area contributed by atoms with Crippen molar-refractivity contribution in [1.29, 1.82) is 0 Å². The number of nitrogens with one attached hydrogen (secondary N) is 1. The van der Waals surface area contributed by atoms with E-state index in [4.69, 9.17) is 16.3 Å².